The van der Waals surface area contributed by atoms with Gasteiger partial charge in [0, 0.05) is 37.7 Å². The molecule has 2 fully saturated rings. The SMILES string of the molecule is NC(=O)C(C1CN(Cc2cccc(C(F)(F)F)c2F)C1)N1CCCC(c2ccccc2)(c2ccccc2)C1=O. The first-order valence-electron chi connectivity index (χ1n) is 12.9. The molecule has 0 bridgehead atoms. The fourth-order valence-corrected chi connectivity index (χ4v) is 6.12. The number of likely N-dealkylation sites (tertiary alicyclic amines) is 2. The van der Waals surface area contributed by atoms with Gasteiger partial charge in [0.2, 0.25) is 11.8 Å². The molecule has 1 unspecified atom stereocenters. The lowest BCUT2D eigenvalue weighted by atomic mass is 9.68. The third kappa shape index (κ3) is 4.91. The van der Waals surface area contributed by atoms with Gasteiger partial charge in [-0.05, 0) is 30.0 Å². The third-order valence-corrected chi connectivity index (χ3v) is 7.95. The van der Waals surface area contributed by atoms with E-state index < -0.39 is 34.9 Å². The first-order chi connectivity index (χ1) is 18.6. The van der Waals surface area contributed by atoms with Crippen molar-refractivity contribution < 1.29 is 27.2 Å². The Morgan fingerprint density at radius 3 is 2.08 bits per heavy atom. The maximum Gasteiger partial charge on any atom is 0.419 e. The zero-order valence-electron chi connectivity index (χ0n) is 21.2. The monoisotopic (exact) mass is 539 g/mol. The summed E-state index contributed by atoms with van der Waals surface area (Å²) in [5.41, 5.74) is 5.19. The lowest BCUT2D eigenvalue weighted by Crippen LogP contribution is -2.65. The Labute approximate surface area is 224 Å². The molecule has 2 N–H and O–H groups in total. The Hall–Kier alpha value is -3.72. The molecule has 3 aromatic carbocycles. The van der Waals surface area contributed by atoms with Gasteiger partial charge in [-0.1, -0.05) is 72.8 Å². The molecule has 0 spiro atoms. The summed E-state index contributed by atoms with van der Waals surface area (Å²) >= 11 is 0. The van der Waals surface area contributed by atoms with Crippen LogP contribution in [0.15, 0.2) is 78.9 Å². The number of carbonyl (C=O) groups is 2. The number of rotatable bonds is 7. The number of carbonyl (C=O) groups excluding carboxylic acids is 2. The second kappa shape index (κ2) is 10.4. The summed E-state index contributed by atoms with van der Waals surface area (Å²) in [6, 6.07) is 21.3. The molecule has 0 aromatic heterocycles. The zero-order chi connectivity index (χ0) is 27.8. The highest BCUT2D eigenvalue weighted by Gasteiger charge is 2.51. The van der Waals surface area contributed by atoms with Crippen LogP contribution in [0.5, 0.6) is 0 Å². The molecular weight excluding hydrogens is 510 g/mol. The van der Waals surface area contributed by atoms with Crippen molar-refractivity contribution in [1.82, 2.24) is 9.80 Å². The van der Waals surface area contributed by atoms with Crippen molar-refractivity contribution in [1.29, 1.82) is 0 Å². The Balaban J connectivity index is 1.39. The minimum atomic E-state index is -4.78. The summed E-state index contributed by atoms with van der Waals surface area (Å²) in [5.74, 6) is -2.43. The van der Waals surface area contributed by atoms with Crippen molar-refractivity contribution in [3.8, 4) is 0 Å². The quantitative estimate of drug-likeness (QED) is 0.441. The fraction of sp³-hybridized carbons (Fsp3) is 0.333. The van der Waals surface area contributed by atoms with Gasteiger partial charge in [0.1, 0.15) is 11.9 Å². The molecule has 0 radical (unpaired) electrons. The summed E-state index contributed by atoms with van der Waals surface area (Å²) in [5, 5.41) is 0. The van der Waals surface area contributed by atoms with Crippen LogP contribution < -0.4 is 5.73 Å². The van der Waals surface area contributed by atoms with Crippen LogP contribution >= 0.6 is 0 Å². The van der Waals surface area contributed by atoms with Crippen LogP contribution in [0.25, 0.3) is 0 Å². The highest BCUT2D eigenvalue weighted by molar-refractivity contribution is 5.96. The maximum absolute atomic E-state index is 14.5. The van der Waals surface area contributed by atoms with E-state index in [0.717, 1.165) is 11.1 Å². The van der Waals surface area contributed by atoms with Crippen molar-refractivity contribution in [2.24, 2.45) is 11.7 Å². The largest absolute Gasteiger partial charge is 0.419 e. The Morgan fingerprint density at radius 1 is 0.949 bits per heavy atom. The first kappa shape index (κ1) is 26.9. The summed E-state index contributed by atoms with van der Waals surface area (Å²) < 4.78 is 53.9. The average Bonchev–Trinajstić information content (AvgIpc) is 2.89. The van der Waals surface area contributed by atoms with Crippen molar-refractivity contribution >= 4 is 11.8 Å². The molecular formula is C30H29F4N3O2. The fourth-order valence-electron chi connectivity index (χ4n) is 6.12. The van der Waals surface area contributed by atoms with Gasteiger partial charge in [-0.3, -0.25) is 14.5 Å². The molecule has 39 heavy (non-hydrogen) atoms. The molecule has 0 saturated carbocycles. The zero-order valence-corrected chi connectivity index (χ0v) is 21.2. The molecule has 2 aliphatic heterocycles. The van der Waals surface area contributed by atoms with Gasteiger partial charge in [0.05, 0.1) is 11.0 Å². The number of amides is 2. The van der Waals surface area contributed by atoms with E-state index in [4.69, 9.17) is 5.73 Å². The number of piperidine rings is 1. The standard InChI is InChI=1S/C30H29F4N3O2/c31-25-20(9-7-14-24(25)30(32,33)34)17-36-18-21(19-36)26(27(35)38)37-16-8-15-29(28(37)39,22-10-3-1-4-11-22)23-12-5-2-6-13-23/h1-7,9-14,21,26H,8,15-19H2,(H2,35,38). The van der Waals surface area contributed by atoms with E-state index in [2.05, 4.69) is 0 Å². The average molecular weight is 540 g/mol. The van der Waals surface area contributed by atoms with E-state index >= 15 is 0 Å². The number of hydrogen-bond acceptors (Lipinski definition) is 3. The molecule has 5 nitrogen and oxygen atoms in total. The van der Waals surface area contributed by atoms with Gasteiger partial charge in [0.15, 0.2) is 0 Å². The highest BCUT2D eigenvalue weighted by Crippen LogP contribution is 2.43. The number of alkyl halides is 3. The smallest absolute Gasteiger partial charge is 0.368 e. The minimum Gasteiger partial charge on any atom is -0.368 e. The van der Waals surface area contributed by atoms with E-state index in [9.17, 15) is 27.2 Å². The summed E-state index contributed by atoms with van der Waals surface area (Å²) in [4.78, 5) is 30.4. The van der Waals surface area contributed by atoms with E-state index in [1.807, 2.05) is 60.7 Å². The Morgan fingerprint density at radius 2 is 1.54 bits per heavy atom. The second-order valence-corrected chi connectivity index (χ2v) is 10.3. The van der Waals surface area contributed by atoms with Crippen LogP contribution in [-0.2, 0) is 27.7 Å². The molecule has 9 heteroatoms. The molecule has 2 saturated heterocycles. The lowest BCUT2D eigenvalue weighted by molar-refractivity contribution is -0.150. The van der Waals surface area contributed by atoms with Crippen LogP contribution in [0.1, 0.15) is 35.1 Å². The summed E-state index contributed by atoms with van der Waals surface area (Å²) in [6.07, 6.45) is -3.55. The Kier molecular flexibility index (Phi) is 7.20. The Bertz CT molecular complexity index is 1300. The van der Waals surface area contributed by atoms with E-state index in [1.165, 1.54) is 12.1 Å². The van der Waals surface area contributed by atoms with Crippen LogP contribution in [0.3, 0.4) is 0 Å². The summed E-state index contributed by atoms with van der Waals surface area (Å²) in [6.45, 7) is 0.934. The van der Waals surface area contributed by atoms with Crippen LogP contribution in [0.2, 0.25) is 0 Å². The van der Waals surface area contributed by atoms with Gasteiger partial charge < -0.3 is 10.6 Å². The van der Waals surface area contributed by atoms with Gasteiger partial charge in [0.25, 0.3) is 0 Å². The van der Waals surface area contributed by atoms with Crippen molar-refractivity contribution in [3.05, 3.63) is 107 Å². The number of primary amides is 1. The van der Waals surface area contributed by atoms with E-state index in [1.54, 1.807) is 9.80 Å². The second-order valence-electron chi connectivity index (χ2n) is 10.3. The predicted octanol–water partition coefficient (Wildman–Crippen LogP) is 4.74. The molecule has 2 aliphatic rings. The molecule has 3 aromatic rings. The van der Waals surface area contributed by atoms with Crippen LogP contribution in [0, 0.1) is 11.7 Å². The van der Waals surface area contributed by atoms with Crippen molar-refractivity contribution in [3.63, 3.8) is 0 Å². The van der Waals surface area contributed by atoms with Crippen LogP contribution in [-0.4, -0.2) is 47.3 Å². The van der Waals surface area contributed by atoms with Gasteiger partial charge in [-0.25, -0.2) is 4.39 Å². The number of hydrogen-bond donors (Lipinski definition) is 1. The first-order valence-corrected chi connectivity index (χ1v) is 12.9. The van der Waals surface area contributed by atoms with Gasteiger partial charge in [-0.15, -0.1) is 0 Å². The van der Waals surface area contributed by atoms with Gasteiger partial charge in [-0.2, -0.15) is 13.2 Å². The molecule has 2 heterocycles. The normalized spacial score (nSPS) is 19.0. The maximum atomic E-state index is 14.5. The van der Waals surface area contributed by atoms with E-state index in [-0.39, 0.29) is 23.9 Å². The number of benzene rings is 3. The number of halogens is 4. The molecule has 1 atom stereocenters. The predicted molar refractivity (Wildman–Crippen MR) is 138 cm³/mol. The lowest BCUT2D eigenvalue weighted by Gasteiger charge is -2.50. The van der Waals surface area contributed by atoms with E-state index in [0.29, 0.717) is 38.5 Å². The summed E-state index contributed by atoms with van der Waals surface area (Å²) in [7, 11) is 0. The molecule has 2 amide bonds. The molecule has 204 valence electrons. The van der Waals surface area contributed by atoms with Crippen molar-refractivity contribution in [2.45, 2.75) is 37.0 Å². The topological polar surface area (TPSA) is 66.6 Å². The number of nitrogens with two attached hydrogens (primary N) is 1. The highest BCUT2D eigenvalue weighted by atomic mass is 19.4. The molecule has 0 aliphatic carbocycles. The number of nitrogens with zero attached hydrogens (tertiary/aromatic N) is 2. The van der Waals surface area contributed by atoms with Crippen molar-refractivity contribution in [2.75, 3.05) is 19.6 Å². The van der Waals surface area contributed by atoms with Crippen LogP contribution in [0.4, 0.5) is 17.6 Å². The van der Waals surface area contributed by atoms with Gasteiger partial charge >= 0.3 is 6.18 Å². The third-order valence-electron chi connectivity index (χ3n) is 7.95. The molecule has 5 rings (SSSR count). The minimum absolute atomic E-state index is 0.0380.